The molecule has 0 spiro atoms. The summed E-state index contributed by atoms with van der Waals surface area (Å²) < 4.78 is 24.1. The SMILES string of the molecule is O=C(NCc1ccccc1CN1CCOCC1)c1ccc(Oc2ccc(F)cc2)cc1. The van der Waals surface area contributed by atoms with Gasteiger partial charge >= 0.3 is 0 Å². The first kappa shape index (κ1) is 21.0. The fourth-order valence-corrected chi connectivity index (χ4v) is 3.48. The van der Waals surface area contributed by atoms with E-state index in [1.807, 2.05) is 12.1 Å². The first-order valence-electron chi connectivity index (χ1n) is 10.4. The van der Waals surface area contributed by atoms with E-state index < -0.39 is 0 Å². The maximum Gasteiger partial charge on any atom is 0.251 e. The molecule has 1 heterocycles. The number of halogens is 1. The zero-order valence-electron chi connectivity index (χ0n) is 17.2. The number of morpholine rings is 1. The maximum absolute atomic E-state index is 13.0. The van der Waals surface area contributed by atoms with Crippen molar-refractivity contribution in [3.05, 3.63) is 95.3 Å². The molecule has 5 nitrogen and oxygen atoms in total. The van der Waals surface area contributed by atoms with E-state index in [9.17, 15) is 9.18 Å². The van der Waals surface area contributed by atoms with Crippen LogP contribution < -0.4 is 10.1 Å². The number of carbonyl (C=O) groups is 1. The number of amides is 1. The van der Waals surface area contributed by atoms with Crippen molar-refractivity contribution in [1.29, 1.82) is 0 Å². The van der Waals surface area contributed by atoms with Crippen molar-refractivity contribution < 1.29 is 18.7 Å². The van der Waals surface area contributed by atoms with Crippen molar-refractivity contribution in [3.63, 3.8) is 0 Å². The molecule has 160 valence electrons. The molecule has 3 aromatic carbocycles. The van der Waals surface area contributed by atoms with Crippen LogP contribution in [-0.4, -0.2) is 37.1 Å². The van der Waals surface area contributed by atoms with E-state index in [1.165, 1.54) is 17.7 Å². The lowest BCUT2D eigenvalue weighted by atomic mass is 10.1. The summed E-state index contributed by atoms with van der Waals surface area (Å²) in [6.45, 7) is 4.69. The quantitative estimate of drug-likeness (QED) is 0.616. The molecule has 31 heavy (non-hydrogen) atoms. The minimum atomic E-state index is -0.314. The molecule has 3 aromatic rings. The van der Waals surface area contributed by atoms with Crippen molar-refractivity contribution in [1.82, 2.24) is 10.2 Å². The van der Waals surface area contributed by atoms with E-state index in [1.54, 1.807) is 36.4 Å². The number of nitrogens with zero attached hydrogens (tertiary/aromatic N) is 1. The minimum absolute atomic E-state index is 0.144. The van der Waals surface area contributed by atoms with Crippen molar-refractivity contribution in [2.75, 3.05) is 26.3 Å². The normalized spacial score (nSPS) is 14.2. The standard InChI is InChI=1S/C25H25FN2O3/c26-22-7-11-24(12-8-22)31-23-9-5-19(6-10-23)25(29)27-17-20-3-1-2-4-21(20)18-28-13-15-30-16-14-28/h1-12H,13-18H2,(H,27,29). The number of carbonyl (C=O) groups excluding carboxylic acids is 1. The summed E-state index contributed by atoms with van der Waals surface area (Å²) in [7, 11) is 0. The van der Waals surface area contributed by atoms with Gasteiger partial charge in [0.1, 0.15) is 17.3 Å². The summed E-state index contributed by atoms with van der Waals surface area (Å²) in [6.07, 6.45) is 0. The average molecular weight is 420 g/mol. The Morgan fingerprint density at radius 1 is 0.903 bits per heavy atom. The lowest BCUT2D eigenvalue weighted by molar-refractivity contribution is 0.0340. The molecule has 0 bridgehead atoms. The summed E-state index contributed by atoms with van der Waals surface area (Å²) in [5.41, 5.74) is 2.88. The van der Waals surface area contributed by atoms with Gasteiger partial charge in [0.15, 0.2) is 0 Å². The van der Waals surface area contributed by atoms with E-state index in [2.05, 4.69) is 22.3 Å². The van der Waals surface area contributed by atoms with E-state index in [4.69, 9.17) is 9.47 Å². The largest absolute Gasteiger partial charge is 0.457 e. The molecule has 4 rings (SSSR count). The molecule has 0 radical (unpaired) electrons. The smallest absolute Gasteiger partial charge is 0.251 e. The Labute approximate surface area is 181 Å². The fraction of sp³-hybridized carbons (Fsp3) is 0.240. The van der Waals surface area contributed by atoms with Crippen LogP contribution in [0.5, 0.6) is 11.5 Å². The topological polar surface area (TPSA) is 50.8 Å². The van der Waals surface area contributed by atoms with E-state index in [0.29, 0.717) is 23.6 Å². The third-order valence-corrected chi connectivity index (χ3v) is 5.22. The minimum Gasteiger partial charge on any atom is -0.457 e. The summed E-state index contributed by atoms with van der Waals surface area (Å²) >= 11 is 0. The Balaban J connectivity index is 1.34. The highest BCUT2D eigenvalue weighted by Crippen LogP contribution is 2.22. The first-order valence-corrected chi connectivity index (χ1v) is 10.4. The van der Waals surface area contributed by atoms with Gasteiger partial charge in [-0.3, -0.25) is 9.69 Å². The Hall–Kier alpha value is -3.22. The third-order valence-electron chi connectivity index (χ3n) is 5.22. The molecule has 0 atom stereocenters. The van der Waals surface area contributed by atoms with Crippen molar-refractivity contribution in [2.24, 2.45) is 0 Å². The number of hydrogen-bond acceptors (Lipinski definition) is 4. The van der Waals surface area contributed by atoms with Crippen LogP contribution in [0, 0.1) is 5.82 Å². The number of ether oxygens (including phenoxy) is 2. The lowest BCUT2D eigenvalue weighted by Gasteiger charge is -2.27. The molecule has 6 heteroatoms. The third kappa shape index (κ3) is 5.90. The first-order chi connectivity index (χ1) is 15.2. The Bertz CT molecular complexity index is 1000. The van der Waals surface area contributed by atoms with Gasteiger partial charge in [-0.05, 0) is 59.7 Å². The molecule has 0 saturated carbocycles. The van der Waals surface area contributed by atoms with Crippen LogP contribution in [0.25, 0.3) is 0 Å². The second kappa shape index (κ2) is 10.2. The van der Waals surface area contributed by atoms with E-state index in [0.717, 1.165) is 38.4 Å². The lowest BCUT2D eigenvalue weighted by Crippen LogP contribution is -2.36. The molecule has 0 aromatic heterocycles. The summed E-state index contributed by atoms with van der Waals surface area (Å²) in [4.78, 5) is 15.0. The van der Waals surface area contributed by atoms with Crippen LogP contribution in [-0.2, 0) is 17.8 Å². The van der Waals surface area contributed by atoms with Gasteiger partial charge in [0, 0.05) is 31.7 Å². The second-order valence-corrected chi connectivity index (χ2v) is 7.42. The summed E-state index contributed by atoms with van der Waals surface area (Å²) in [6, 6.07) is 20.9. The van der Waals surface area contributed by atoms with Gasteiger partial charge in [-0.15, -0.1) is 0 Å². The number of nitrogens with one attached hydrogen (secondary N) is 1. The van der Waals surface area contributed by atoms with Gasteiger partial charge in [-0.25, -0.2) is 4.39 Å². The van der Waals surface area contributed by atoms with Crippen LogP contribution in [0.15, 0.2) is 72.8 Å². The van der Waals surface area contributed by atoms with Gasteiger partial charge in [-0.1, -0.05) is 24.3 Å². The van der Waals surface area contributed by atoms with Crippen LogP contribution in [0.1, 0.15) is 21.5 Å². The van der Waals surface area contributed by atoms with Crippen LogP contribution in [0.2, 0.25) is 0 Å². The molecule has 1 fully saturated rings. The monoisotopic (exact) mass is 420 g/mol. The molecular weight excluding hydrogens is 395 g/mol. The molecular formula is C25H25FN2O3. The Kier molecular flexibility index (Phi) is 6.92. The number of hydrogen-bond donors (Lipinski definition) is 1. The van der Waals surface area contributed by atoms with Gasteiger partial charge in [0.25, 0.3) is 5.91 Å². The maximum atomic E-state index is 13.0. The van der Waals surface area contributed by atoms with Crippen molar-refractivity contribution in [2.45, 2.75) is 13.1 Å². The van der Waals surface area contributed by atoms with Gasteiger partial charge in [0.05, 0.1) is 13.2 Å². The summed E-state index contributed by atoms with van der Waals surface area (Å²) in [5.74, 6) is 0.662. The van der Waals surface area contributed by atoms with E-state index >= 15 is 0 Å². The summed E-state index contributed by atoms with van der Waals surface area (Å²) in [5, 5.41) is 3.00. The van der Waals surface area contributed by atoms with Crippen molar-refractivity contribution in [3.8, 4) is 11.5 Å². The average Bonchev–Trinajstić information content (AvgIpc) is 2.81. The molecule has 1 saturated heterocycles. The highest BCUT2D eigenvalue weighted by Gasteiger charge is 2.13. The van der Waals surface area contributed by atoms with Crippen LogP contribution in [0.3, 0.4) is 0 Å². The van der Waals surface area contributed by atoms with Crippen LogP contribution in [0.4, 0.5) is 4.39 Å². The zero-order chi connectivity index (χ0) is 21.5. The highest BCUT2D eigenvalue weighted by atomic mass is 19.1. The van der Waals surface area contributed by atoms with E-state index in [-0.39, 0.29) is 11.7 Å². The molecule has 1 aliphatic heterocycles. The van der Waals surface area contributed by atoms with Gasteiger partial charge < -0.3 is 14.8 Å². The van der Waals surface area contributed by atoms with Crippen molar-refractivity contribution >= 4 is 5.91 Å². The highest BCUT2D eigenvalue weighted by molar-refractivity contribution is 5.94. The molecule has 1 amide bonds. The fourth-order valence-electron chi connectivity index (χ4n) is 3.48. The van der Waals surface area contributed by atoms with Gasteiger partial charge in [0.2, 0.25) is 0 Å². The second-order valence-electron chi connectivity index (χ2n) is 7.42. The van der Waals surface area contributed by atoms with Gasteiger partial charge in [-0.2, -0.15) is 0 Å². The molecule has 0 aliphatic carbocycles. The van der Waals surface area contributed by atoms with Crippen LogP contribution >= 0.6 is 0 Å². The molecule has 1 N–H and O–H groups in total. The predicted molar refractivity (Wildman–Crippen MR) is 117 cm³/mol. The molecule has 0 unspecified atom stereocenters. The zero-order valence-corrected chi connectivity index (χ0v) is 17.2. The predicted octanol–water partition coefficient (Wildman–Crippen LogP) is 4.38. The number of rotatable bonds is 7. The molecule has 1 aliphatic rings. The Morgan fingerprint density at radius 3 is 2.19 bits per heavy atom. The number of benzene rings is 3. The Morgan fingerprint density at radius 2 is 1.52 bits per heavy atom.